The molecule has 4 aromatic carbocycles. The number of carbonyl (C=O) groups excluding carboxylic acids is 1. The summed E-state index contributed by atoms with van der Waals surface area (Å²) in [6, 6.07) is 16.8. The van der Waals surface area contributed by atoms with Crippen LogP contribution in [0.3, 0.4) is 0 Å². The zero-order valence-electron chi connectivity index (χ0n) is 22.4. The molecule has 0 aliphatic rings. The van der Waals surface area contributed by atoms with Crippen LogP contribution >= 0.6 is 0 Å². The van der Waals surface area contributed by atoms with Crippen LogP contribution < -0.4 is 10.6 Å². The number of carbonyl (C=O) groups is 1. The summed E-state index contributed by atoms with van der Waals surface area (Å²) < 4.78 is 101. The monoisotopic (exact) mass is 634 g/mol. The van der Waals surface area contributed by atoms with Crippen molar-refractivity contribution < 1.29 is 43.7 Å². The van der Waals surface area contributed by atoms with Crippen LogP contribution in [0.2, 0.25) is 0 Å². The highest BCUT2D eigenvalue weighted by Gasteiger charge is 2.27. The van der Waals surface area contributed by atoms with E-state index in [1.165, 1.54) is 12.1 Å². The lowest BCUT2D eigenvalue weighted by Crippen LogP contribution is -2.25. The lowest BCUT2D eigenvalue weighted by molar-refractivity contribution is 0.102. The van der Waals surface area contributed by atoms with Gasteiger partial charge in [-0.25, -0.2) is 0 Å². The number of hydrogen-bond donors (Lipinski definition) is 5. The second kappa shape index (κ2) is 10.8. The van der Waals surface area contributed by atoms with E-state index in [1.54, 1.807) is 12.1 Å². The number of amides is 1. The second-order valence-electron chi connectivity index (χ2n) is 10.4. The fraction of sp³-hybridized carbons (Fsp3) is 0.148. The maximum Gasteiger partial charge on any atom is 0.295 e. The molecule has 0 heterocycles. The van der Waals surface area contributed by atoms with Crippen LogP contribution in [0, 0.1) is 0 Å². The first-order chi connectivity index (χ1) is 19.2. The molecule has 0 saturated carbocycles. The van der Waals surface area contributed by atoms with Gasteiger partial charge in [-0.15, -0.1) is 0 Å². The van der Waals surface area contributed by atoms with Crippen molar-refractivity contribution in [2.45, 2.75) is 41.0 Å². The van der Waals surface area contributed by atoms with E-state index in [4.69, 9.17) is 0 Å². The number of anilines is 2. The molecule has 4 rings (SSSR count). The summed E-state index contributed by atoms with van der Waals surface area (Å²) in [4.78, 5) is 9.98. The van der Waals surface area contributed by atoms with Gasteiger partial charge in [-0.1, -0.05) is 24.3 Å². The lowest BCUT2D eigenvalue weighted by Gasteiger charge is -2.22. The van der Waals surface area contributed by atoms with Crippen LogP contribution in [0.4, 0.5) is 11.4 Å². The molecule has 0 aliphatic carbocycles. The van der Waals surface area contributed by atoms with Gasteiger partial charge in [0, 0.05) is 27.6 Å². The first-order valence-electron chi connectivity index (χ1n) is 12.1. The third-order valence-electron chi connectivity index (χ3n) is 6.00. The summed E-state index contributed by atoms with van der Waals surface area (Å²) in [6.07, 6.45) is 0. The molecule has 5 N–H and O–H groups in total. The fourth-order valence-corrected chi connectivity index (χ4v) is 6.30. The van der Waals surface area contributed by atoms with Gasteiger partial charge in [0.2, 0.25) is 0 Å². The van der Waals surface area contributed by atoms with Crippen molar-refractivity contribution in [2.24, 2.45) is 0 Å². The largest absolute Gasteiger partial charge is 0.380 e. The van der Waals surface area contributed by atoms with Gasteiger partial charge in [0.15, 0.2) is 0 Å². The van der Waals surface area contributed by atoms with Gasteiger partial charge in [0.25, 0.3) is 36.3 Å². The first-order valence-corrected chi connectivity index (χ1v) is 16.4. The Labute approximate surface area is 242 Å². The Morgan fingerprint density at radius 2 is 1.19 bits per heavy atom. The van der Waals surface area contributed by atoms with Crippen molar-refractivity contribution in [2.75, 3.05) is 10.6 Å². The highest BCUT2D eigenvalue weighted by molar-refractivity contribution is 7.87. The van der Waals surface area contributed by atoms with E-state index in [2.05, 4.69) is 10.6 Å². The predicted octanol–water partition coefficient (Wildman–Crippen LogP) is 4.71. The Balaban J connectivity index is 1.75. The minimum Gasteiger partial charge on any atom is -0.380 e. The molecule has 4 aromatic rings. The minimum atomic E-state index is -5.25. The molecular formula is C27H26N2O10S3. The van der Waals surface area contributed by atoms with Gasteiger partial charge in [0.1, 0.15) is 9.79 Å². The zero-order valence-corrected chi connectivity index (χ0v) is 24.8. The highest BCUT2D eigenvalue weighted by atomic mass is 32.2. The van der Waals surface area contributed by atoms with Crippen molar-refractivity contribution in [1.82, 2.24) is 0 Å². The van der Waals surface area contributed by atoms with E-state index in [0.29, 0.717) is 12.1 Å². The number of fused-ring (bicyclic) bond motifs is 1. The molecule has 15 heteroatoms. The number of hydrogen-bond acceptors (Lipinski definition) is 8. The Kier molecular flexibility index (Phi) is 7.96. The molecule has 0 atom stereocenters. The molecule has 0 saturated heterocycles. The third-order valence-corrected chi connectivity index (χ3v) is 8.62. The molecule has 0 radical (unpaired) electrons. The van der Waals surface area contributed by atoms with E-state index in [9.17, 15) is 43.7 Å². The topological polar surface area (TPSA) is 204 Å². The Morgan fingerprint density at radius 3 is 1.67 bits per heavy atom. The quantitative estimate of drug-likeness (QED) is 0.176. The van der Waals surface area contributed by atoms with Crippen molar-refractivity contribution in [3.8, 4) is 11.1 Å². The average Bonchev–Trinajstić information content (AvgIpc) is 2.86. The van der Waals surface area contributed by atoms with Crippen LogP contribution in [0.15, 0.2) is 87.5 Å². The summed E-state index contributed by atoms with van der Waals surface area (Å²) in [5.74, 6) is -0.757. The highest BCUT2D eigenvalue weighted by Crippen LogP contribution is 2.37. The van der Waals surface area contributed by atoms with Gasteiger partial charge in [-0.3, -0.25) is 18.5 Å². The van der Waals surface area contributed by atoms with Gasteiger partial charge in [-0.05, 0) is 80.4 Å². The standard InChI is InChI=1S/C27H26N2O10S3/c1-27(2,3)29-19-10-8-17(9-11-19)16-4-6-18(7-5-16)26(30)28-22-12-13-23(41(34,35)36)21-14-20(40(31,32)33)15-24(25(21)22)42(37,38)39/h4-15,29H,1-3H3,(H,28,30)(H,31,32,33)(H,34,35,36)(H,37,38,39). The van der Waals surface area contributed by atoms with Crippen molar-refractivity contribution in [3.05, 3.63) is 78.4 Å². The van der Waals surface area contributed by atoms with Crippen LogP contribution in [0.5, 0.6) is 0 Å². The van der Waals surface area contributed by atoms with Gasteiger partial charge in [0.05, 0.1) is 10.6 Å². The Hall–Kier alpha value is -3.86. The van der Waals surface area contributed by atoms with Gasteiger partial charge < -0.3 is 10.6 Å². The molecule has 222 valence electrons. The zero-order chi connectivity index (χ0) is 31.3. The van der Waals surface area contributed by atoms with Crippen LogP contribution in [0.1, 0.15) is 31.1 Å². The van der Waals surface area contributed by atoms with E-state index < -0.39 is 61.7 Å². The molecule has 0 aliphatic heterocycles. The summed E-state index contributed by atoms with van der Waals surface area (Å²) in [7, 11) is -15.4. The van der Waals surface area contributed by atoms with E-state index in [1.807, 2.05) is 45.0 Å². The fourth-order valence-electron chi connectivity index (χ4n) is 4.26. The Morgan fingerprint density at radius 1 is 0.667 bits per heavy atom. The summed E-state index contributed by atoms with van der Waals surface area (Å²) >= 11 is 0. The number of nitrogens with one attached hydrogen (secondary N) is 2. The number of rotatable bonds is 7. The molecule has 0 aromatic heterocycles. The SMILES string of the molecule is CC(C)(C)Nc1ccc(-c2ccc(C(=O)Nc3ccc(S(=O)(=O)O)c4cc(S(=O)(=O)O)cc(S(=O)(=O)O)c34)cc2)cc1. The van der Waals surface area contributed by atoms with Crippen LogP contribution in [-0.4, -0.2) is 50.4 Å². The van der Waals surface area contributed by atoms with E-state index in [-0.39, 0.29) is 16.8 Å². The van der Waals surface area contributed by atoms with Gasteiger partial charge in [-0.2, -0.15) is 25.3 Å². The smallest absolute Gasteiger partial charge is 0.295 e. The maximum atomic E-state index is 13.1. The molecule has 0 fully saturated rings. The van der Waals surface area contributed by atoms with E-state index >= 15 is 0 Å². The molecule has 0 spiro atoms. The lowest BCUT2D eigenvalue weighted by atomic mass is 10.0. The van der Waals surface area contributed by atoms with Crippen LogP contribution in [0.25, 0.3) is 21.9 Å². The molecule has 12 nitrogen and oxygen atoms in total. The molecule has 1 amide bonds. The average molecular weight is 635 g/mol. The van der Waals surface area contributed by atoms with Crippen molar-refractivity contribution in [3.63, 3.8) is 0 Å². The normalized spacial score (nSPS) is 12.7. The molecule has 0 unspecified atom stereocenters. The van der Waals surface area contributed by atoms with E-state index in [0.717, 1.165) is 28.9 Å². The van der Waals surface area contributed by atoms with Crippen molar-refractivity contribution in [1.29, 1.82) is 0 Å². The molecule has 0 bridgehead atoms. The molecular weight excluding hydrogens is 609 g/mol. The minimum absolute atomic E-state index is 0.116. The Bertz CT molecular complexity index is 2030. The maximum absolute atomic E-state index is 13.1. The molecule has 42 heavy (non-hydrogen) atoms. The second-order valence-corrected chi connectivity index (χ2v) is 14.6. The van der Waals surface area contributed by atoms with Gasteiger partial charge >= 0.3 is 0 Å². The number of benzene rings is 4. The van der Waals surface area contributed by atoms with Crippen molar-refractivity contribution >= 4 is 58.4 Å². The summed E-state index contributed by atoms with van der Waals surface area (Å²) in [5, 5.41) is 4.47. The third kappa shape index (κ3) is 6.95. The summed E-state index contributed by atoms with van der Waals surface area (Å²) in [5.41, 5.74) is 2.28. The first kappa shape index (κ1) is 31.1. The van der Waals surface area contributed by atoms with Crippen LogP contribution in [-0.2, 0) is 30.4 Å². The predicted molar refractivity (Wildman–Crippen MR) is 157 cm³/mol. The summed E-state index contributed by atoms with van der Waals surface area (Å²) in [6.45, 7) is 6.12.